The summed E-state index contributed by atoms with van der Waals surface area (Å²) in [6, 6.07) is 0.235. The number of carbonyl (C=O) groups excluding carboxylic acids is 2. The molecule has 0 spiro atoms. The van der Waals surface area contributed by atoms with E-state index in [2.05, 4.69) is 5.32 Å². The molecule has 1 aliphatic rings. The van der Waals surface area contributed by atoms with Crippen LogP contribution in [0.3, 0.4) is 0 Å². The molecule has 0 aromatic heterocycles. The number of nitrogens with one attached hydrogen (secondary N) is 1. The van der Waals surface area contributed by atoms with E-state index in [1.807, 2.05) is 27.7 Å². The van der Waals surface area contributed by atoms with Crippen molar-refractivity contribution in [3.05, 3.63) is 0 Å². The Morgan fingerprint density at radius 1 is 1.28 bits per heavy atom. The van der Waals surface area contributed by atoms with Crippen molar-refractivity contribution in [2.45, 2.75) is 65.1 Å². The lowest BCUT2D eigenvalue weighted by molar-refractivity contribution is -0.132. The summed E-state index contributed by atoms with van der Waals surface area (Å²) in [5.74, 6) is 0.0539. The number of rotatable bonds is 1. The van der Waals surface area contributed by atoms with Gasteiger partial charge in [-0.05, 0) is 40.5 Å². The topological polar surface area (TPSA) is 58.6 Å². The van der Waals surface area contributed by atoms with E-state index in [-0.39, 0.29) is 18.0 Å². The van der Waals surface area contributed by atoms with Gasteiger partial charge in [0.2, 0.25) is 5.91 Å². The van der Waals surface area contributed by atoms with Crippen LogP contribution >= 0.6 is 0 Å². The Labute approximate surface area is 109 Å². The lowest BCUT2D eigenvalue weighted by Gasteiger charge is -2.37. The van der Waals surface area contributed by atoms with Crippen LogP contribution in [0.4, 0.5) is 4.79 Å². The van der Waals surface area contributed by atoms with Crippen molar-refractivity contribution >= 4 is 12.0 Å². The van der Waals surface area contributed by atoms with Gasteiger partial charge in [0.1, 0.15) is 5.60 Å². The molecule has 0 bridgehead atoms. The van der Waals surface area contributed by atoms with Crippen molar-refractivity contribution in [1.29, 1.82) is 0 Å². The van der Waals surface area contributed by atoms with Crippen molar-refractivity contribution in [3.8, 4) is 0 Å². The van der Waals surface area contributed by atoms with E-state index >= 15 is 0 Å². The van der Waals surface area contributed by atoms with Crippen LogP contribution in [-0.4, -0.2) is 41.1 Å². The minimum Gasteiger partial charge on any atom is -0.444 e. The number of piperidine rings is 1. The van der Waals surface area contributed by atoms with Crippen LogP contribution in [0, 0.1) is 0 Å². The zero-order valence-electron chi connectivity index (χ0n) is 11.9. The van der Waals surface area contributed by atoms with Crippen molar-refractivity contribution in [1.82, 2.24) is 10.2 Å². The van der Waals surface area contributed by atoms with Crippen LogP contribution in [0.2, 0.25) is 0 Å². The molecule has 1 heterocycles. The molecule has 18 heavy (non-hydrogen) atoms. The molecular formula is C13H24N2O3. The Balaban J connectivity index is 2.49. The standard InChI is InChI=1S/C13H24N2O3/c1-9-6-7-11(8-15(9)10(2)16)14-12(17)18-13(3,4)5/h9,11H,6-8H2,1-5H3,(H,14,17). The smallest absolute Gasteiger partial charge is 0.407 e. The maximum atomic E-state index is 11.6. The summed E-state index contributed by atoms with van der Waals surface area (Å²) in [6.07, 6.45) is 1.37. The molecule has 0 aromatic carbocycles. The van der Waals surface area contributed by atoms with Crippen LogP contribution in [-0.2, 0) is 9.53 Å². The number of carbonyl (C=O) groups is 2. The highest BCUT2D eigenvalue weighted by atomic mass is 16.6. The third kappa shape index (κ3) is 4.55. The van der Waals surface area contributed by atoms with Gasteiger partial charge >= 0.3 is 6.09 Å². The molecule has 0 aromatic rings. The van der Waals surface area contributed by atoms with E-state index in [0.29, 0.717) is 6.54 Å². The molecule has 2 amide bonds. The molecule has 5 heteroatoms. The molecular weight excluding hydrogens is 232 g/mol. The van der Waals surface area contributed by atoms with Gasteiger partial charge < -0.3 is 15.0 Å². The molecule has 1 rings (SSSR count). The monoisotopic (exact) mass is 256 g/mol. The predicted molar refractivity (Wildman–Crippen MR) is 69.2 cm³/mol. The minimum absolute atomic E-state index is 0.0139. The van der Waals surface area contributed by atoms with Crippen molar-refractivity contribution in [3.63, 3.8) is 0 Å². The fraction of sp³-hybridized carbons (Fsp3) is 0.846. The van der Waals surface area contributed by atoms with Crippen LogP contribution in [0.15, 0.2) is 0 Å². The van der Waals surface area contributed by atoms with E-state index in [9.17, 15) is 9.59 Å². The molecule has 2 unspecified atom stereocenters. The van der Waals surface area contributed by atoms with Gasteiger partial charge in [-0.1, -0.05) is 0 Å². The Bertz CT molecular complexity index is 323. The van der Waals surface area contributed by atoms with Crippen molar-refractivity contribution in [2.24, 2.45) is 0 Å². The van der Waals surface area contributed by atoms with E-state index in [4.69, 9.17) is 4.74 Å². The second kappa shape index (κ2) is 5.59. The molecule has 0 saturated carbocycles. The summed E-state index contributed by atoms with van der Waals surface area (Å²) >= 11 is 0. The molecule has 1 N–H and O–H groups in total. The summed E-state index contributed by atoms with van der Waals surface area (Å²) < 4.78 is 5.21. The Morgan fingerprint density at radius 2 is 1.89 bits per heavy atom. The summed E-state index contributed by atoms with van der Waals surface area (Å²) in [7, 11) is 0. The van der Waals surface area contributed by atoms with Crippen molar-refractivity contribution < 1.29 is 14.3 Å². The predicted octanol–water partition coefficient (Wildman–Crippen LogP) is 1.91. The highest BCUT2D eigenvalue weighted by molar-refractivity contribution is 5.74. The Kier molecular flexibility index (Phi) is 4.59. The van der Waals surface area contributed by atoms with Gasteiger partial charge in [-0.25, -0.2) is 4.79 Å². The second-order valence-corrected chi connectivity index (χ2v) is 5.94. The summed E-state index contributed by atoms with van der Waals surface area (Å²) in [4.78, 5) is 24.9. The normalized spacial score (nSPS) is 24.6. The second-order valence-electron chi connectivity index (χ2n) is 5.94. The molecule has 104 valence electrons. The molecule has 1 aliphatic heterocycles. The summed E-state index contributed by atoms with van der Waals surface area (Å²) in [5, 5.41) is 2.83. The molecule has 1 fully saturated rings. The average molecular weight is 256 g/mol. The number of nitrogens with zero attached hydrogens (tertiary/aromatic N) is 1. The minimum atomic E-state index is -0.494. The number of amides is 2. The number of hydrogen-bond acceptors (Lipinski definition) is 3. The van der Waals surface area contributed by atoms with E-state index in [1.54, 1.807) is 11.8 Å². The van der Waals surface area contributed by atoms with Gasteiger partial charge in [0.15, 0.2) is 0 Å². The quantitative estimate of drug-likeness (QED) is 0.779. The zero-order chi connectivity index (χ0) is 13.9. The van der Waals surface area contributed by atoms with Crippen molar-refractivity contribution in [2.75, 3.05) is 6.54 Å². The Hall–Kier alpha value is -1.26. The number of likely N-dealkylation sites (tertiary alicyclic amines) is 1. The van der Waals surface area contributed by atoms with Crippen LogP contribution in [0.25, 0.3) is 0 Å². The SMILES string of the molecule is CC(=O)N1CC(NC(=O)OC(C)(C)C)CCC1C. The third-order valence-corrected chi connectivity index (χ3v) is 3.01. The largest absolute Gasteiger partial charge is 0.444 e. The first kappa shape index (κ1) is 14.8. The molecule has 5 nitrogen and oxygen atoms in total. The Morgan fingerprint density at radius 3 is 2.39 bits per heavy atom. The number of hydrogen-bond donors (Lipinski definition) is 1. The average Bonchev–Trinajstić information content (AvgIpc) is 2.17. The maximum absolute atomic E-state index is 11.6. The van der Waals surface area contributed by atoms with E-state index in [0.717, 1.165) is 12.8 Å². The highest BCUT2D eigenvalue weighted by Crippen LogP contribution is 2.17. The van der Waals surface area contributed by atoms with Gasteiger partial charge in [0, 0.05) is 25.6 Å². The molecule has 1 saturated heterocycles. The van der Waals surface area contributed by atoms with Crippen LogP contribution < -0.4 is 5.32 Å². The molecule has 0 aliphatic carbocycles. The first-order valence-corrected chi connectivity index (χ1v) is 6.46. The van der Waals surface area contributed by atoms with Crippen LogP contribution in [0.1, 0.15) is 47.5 Å². The lowest BCUT2D eigenvalue weighted by Crippen LogP contribution is -2.53. The van der Waals surface area contributed by atoms with Gasteiger partial charge in [0.05, 0.1) is 0 Å². The van der Waals surface area contributed by atoms with Gasteiger partial charge in [0.25, 0.3) is 0 Å². The lowest BCUT2D eigenvalue weighted by atomic mass is 9.99. The summed E-state index contributed by atoms with van der Waals surface area (Å²) in [6.45, 7) is 9.65. The summed E-state index contributed by atoms with van der Waals surface area (Å²) in [5.41, 5.74) is -0.494. The molecule has 0 radical (unpaired) electrons. The first-order valence-electron chi connectivity index (χ1n) is 6.46. The fourth-order valence-electron chi connectivity index (χ4n) is 2.14. The van der Waals surface area contributed by atoms with E-state index < -0.39 is 11.7 Å². The third-order valence-electron chi connectivity index (χ3n) is 3.01. The van der Waals surface area contributed by atoms with Gasteiger partial charge in [-0.3, -0.25) is 4.79 Å². The maximum Gasteiger partial charge on any atom is 0.407 e. The number of alkyl carbamates (subject to hydrolysis) is 1. The zero-order valence-corrected chi connectivity index (χ0v) is 11.9. The van der Waals surface area contributed by atoms with Crippen LogP contribution in [0.5, 0.6) is 0 Å². The van der Waals surface area contributed by atoms with Gasteiger partial charge in [-0.2, -0.15) is 0 Å². The number of ether oxygens (including phenoxy) is 1. The molecule has 2 atom stereocenters. The highest BCUT2D eigenvalue weighted by Gasteiger charge is 2.29. The fourth-order valence-corrected chi connectivity index (χ4v) is 2.14. The van der Waals surface area contributed by atoms with Gasteiger partial charge in [-0.15, -0.1) is 0 Å². The van der Waals surface area contributed by atoms with E-state index in [1.165, 1.54) is 0 Å². The first-order chi connectivity index (χ1) is 8.19.